The van der Waals surface area contributed by atoms with Crippen molar-refractivity contribution in [2.24, 2.45) is 0 Å². The maximum Gasteiger partial charge on any atom is 0.366 e. The minimum absolute atomic E-state index is 0.334. The first-order valence-electron chi connectivity index (χ1n) is 4.43. The van der Waals surface area contributed by atoms with E-state index in [2.05, 4.69) is 9.97 Å². The Morgan fingerprint density at radius 1 is 1.33 bits per heavy atom. The second-order valence-electron chi connectivity index (χ2n) is 2.88. The molecule has 0 unspecified atom stereocenters. The first-order valence-corrected chi connectivity index (χ1v) is 4.43. The third kappa shape index (κ3) is 2.40. The molecule has 1 aromatic heterocycles. The van der Waals surface area contributed by atoms with Crippen LogP contribution in [0.15, 0.2) is 43.1 Å². The third-order valence-electron chi connectivity index (χ3n) is 1.78. The van der Waals surface area contributed by atoms with E-state index in [1.807, 2.05) is 12.2 Å². The fourth-order valence-electron chi connectivity index (χ4n) is 1.08. The zero-order valence-corrected chi connectivity index (χ0v) is 7.91. The van der Waals surface area contributed by atoms with Gasteiger partial charge in [-0.1, -0.05) is 12.2 Å². The van der Waals surface area contributed by atoms with Crippen LogP contribution in [0.1, 0.15) is 10.4 Å². The molecule has 0 spiro atoms. The van der Waals surface area contributed by atoms with Gasteiger partial charge in [-0.2, -0.15) is 0 Å². The number of nitrogens with zero attached hydrogens (tertiary/aromatic N) is 3. The van der Waals surface area contributed by atoms with E-state index in [1.54, 1.807) is 12.3 Å². The van der Waals surface area contributed by atoms with Crippen LogP contribution in [0.5, 0.6) is 0 Å². The number of aromatic nitrogens is 2. The number of carbonyl (C=O) groups excluding carboxylic acids is 1. The van der Waals surface area contributed by atoms with E-state index < -0.39 is 5.97 Å². The van der Waals surface area contributed by atoms with E-state index in [-0.39, 0.29) is 0 Å². The molecule has 0 radical (unpaired) electrons. The molecule has 76 valence electrons. The number of hydrogen-bond acceptors (Lipinski definition) is 5. The molecule has 15 heavy (non-hydrogen) atoms. The summed E-state index contributed by atoms with van der Waals surface area (Å²) >= 11 is 0. The van der Waals surface area contributed by atoms with Gasteiger partial charge in [0.15, 0.2) is 0 Å². The largest absolute Gasteiger partial charge is 0.366 e. The van der Waals surface area contributed by atoms with Gasteiger partial charge in [-0.15, -0.1) is 0 Å². The number of allylic oxidation sites excluding steroid dienone is 2. The molecule has 1 aliphatic rings. The minimum Gasteiger partial charge on any atom is -0.336 e. The first-order chi connectivity index (χ1) is 7.36. The van der Waals surface area contributed by atoms with Crippen LogP contribution in [0.25, 0.3) is 0 Å². The zero-order chi connectivity index (χ0) is 10.5. The van der Waals surface area contributed by atoms with Crippen LogP contribution in [0, 0.1) is 0 Å². The average Bonchev–Trinajstić information content (AvgIpc) is 2.31. The molecule has 0 aliphatic carbocycles. The van der Waals surface area contributed by atoms with Gasteiger partial charge in [0.2, 0.25) is 0 Å². The Kier molecular flexibility index (Phi) is 2.73. The Bertz CT molecular complexity index is 400. The van der Waals surface area contributed by atoms with Gasteiger partial charge in [-0.25, -0.2) is 19.8 Å². The molecule has 0 saturated heterocycles. The van der Waals surface area contributed by atoms with Crippen molar-refractivity contribution in [3.05, 3.63) is 48.7 Å². The van der Waals surface area contributed by atoms with Gasteiger partial charge in [0.05, 0.1) is 12.1 Å². The number of hydrogen-bond donors (Lipinski definition) is 0. The highest BCUT2D eigenvalue weighted by Crippen LogP contribution is 2.04. The van der Waals surface area contributed by atoms with Crippen molar-refractivity contribution in [3.63, 3.8) is 0 Å². The normalized spacial score (nSPS) is 14.0. The first kappa shape index (κ1) is 9.39. The van der Waals surface area contributed by atoms with Gasteiger partial charge in [-0.3, -0.25) is 0 Å². The van der Waals surface area contributed by atoms with Gasteiger partial charge in [0.1, 0.15) is 6.33 Å². The summed E-state index contributed by atoms with van der Waals surface area (Å²) in [6.45, 7) is 0.552. The number of carbonyl (C=O) groups is 1. The summed E-state index contributed by atoms with van der Waals surface area (Å²) in [5.74, 6) is -0.462. The molecule has 2 rings (SSSR count). The fraction of sp³-hybridized carbons (Fsp3) is 0.100. The third-order valence-corrected chi connectivity index (χ3v) is 1.78. The topological polar surface area (TPSA) is 55.3 Å². The standard InChI is InChI=1S/C10H9N3O2/c14-10(9-6-11-8-12-7-9)15-13-4-2-1-3-5-13/h1-4,6-8H,5H2. The molecular weight excluding hydrogens is 194 g/mol. The van der Waals surface area contributed by atoms with Crippen LogP contribution in [-0.4, -0.2) is 27.5 Å². The number of hydroxylamine groups is 2. The Balaban J connectivity index is 1.98. The predicted molar refractivity (Wildman–Crippen MR) is 52.4 cm³/mol. The molecule has 2 heterocycles. The predicted octanol–water partition coefficient (Wildman–Crippen LogP) is 0.934. The van der Waals surface area contributed by atoms with Crippen molar-refractivity contribution in [2.45, 2.75) is 0 Å². The molecule has 0 bridgehead atoms. The van der Waals surface area contributed by atoms with Crippen molar-refractivity contribution in [1.29, 1.82) is 0 Å². The van der Waals surface area contributed by atoms with Crippen LogP contribution in [0.4, 0.5) is 0 Å². The smallest absolute Gasteiger partial charge is 0.336 e. The molecule has 0 amide bonds. The van der Waals surface area contributed by atoms with Crippen molar-refractivity contribution >= 4 is 5.97 Å². The highest BCUT2D eigenvalue weighted by Gasteiger charge is 2.11. The van der Waals surface area contributed by atoms with Gasteiger partial charge >= 0.3 is 5.97 Å². The second kappa shape index (κ2) is 4.36. The maximum atomic E-state index is 11.5. The van der Waals surface area contributed by atoms with Crippen molar-refractivity contribution in [1.82, 2.24) is 15.0 Å². The summed E-state index contributed by atoms with van der Waals surface area (Å²) in [5, 5.41) is 1.44. The SMILES string of the molecule is O=C(ON1C=CC=CC1)c1cncnc1. The monoisotopic (exact) mass is 203 g/mol. The van der Waals surface area contributed by atoms with Crippen LogP contribution < -0.4 is 0 Å². The van der Waals surface area contributed by atoms with Gasteiger partial charge < -0.3 is 4.84 Å². The highest BCUT2D eigenvalue weighted by atomic mass is 16.7. The molecule has 0 fully saturated rings. The minimum atomic E-state index is -0.462. The van der Waals surface area contributed by atoms with Gasteiger partial charge in [0.25, 0.3) is 0 Å². The summed E-state index contributed by atoms with van der Waals surface area (Å²) in [7, 11) is 0. The zero-order valence-electron chi connectivity index (χ0n) is 7.91. The molecular formula is C10H9N3O2. The Hall–Kier alpha value is -2.17. The molecule has 5 nitrogen and oxygen atoms in total. The van der Waals surface area contributed by atoms with Crippen LogP contribution in [-0.2, 0) is 4.84 Å². The summed E-state index contributed by atoms with van der Waals surface area (Å²) in [6, 6.07) is 0. The molecule has 0 atom stereocenters. The van der Waals surface area contributed by atoms with Crippen LogP contribution >= 0.6 is 0 Å². The molecule has 5 heteroatoms. The Morgan fingerprint density at radius 3 is 2.80 bits per heavy atom. The van der Waals surface area contributed by atoms with E-state index in [1.165, 1.54) is 23.8 Å². The van der Waals surface area contributed by atoms with E-state index in [4.69, 9.17) is 4.84 Å². The molecule has 1 aromatic rings. The second-order valence-corrected chi connectivity index (χ2v) is 2.88. The van der Waals surface area contributed by atoms with Crippen molar-refractivity contribution < 1.29 is 9.63 Å². The van der Waals surface area contributed by atoms with Gasteiger partial charge in [-0.05, 0) is 6.08 Å². The molecule has 0 aromatic carbocycles. The van der Waals surface area contributed by atoms with Crippen molar-refractivity contribution in [2.75, 3.05) is 6.54 Å². The molecule has 0 N–H and O–H groups in total. The van der Waals surface area contributed by atoms with E-state index in [0.717, 1.165) is 0 Å². The lowest BCUT2D eigenvalue weighted by atomic mass is 10.3. The Labute approximate surface area is 86.7 Å². The van der Waals surface area contributed by atoms with Crippen LogP contribution in [0.2, 0.25) is 0 Å². The van der Waals surface area contributed by atoms with E-state index >= 15 is 0 Å². The molecule has 0 saturated carbocycles. The number of rotatable bonds is 2. The van der Waals surface area contributed by atoms with Crippen molar-refractivity contribution in [3.8, 4) is 0 Å². The summed E-state index contributed by atoms with van der Waals surface area (Å²) in [4.78, 5) is 24.0. The summed E-state index contributed by atoms with van der Waals surface area (Å²) < 4.78 is 0. The quantitative estimate of drug-likeness (QED) is 0.715. The van der Waals surface area contributed by atoms with Crippen LogP contribution in [0.3, 0.4) is 0 Å². The fourth-order valence-corrected chi connectivity index (χ4v) is 1.08. The summed E-state index contributed by atoms with van der Waals surface area (Å²) in [6.07, 6.45) is 11.4. The van der Waals surface area contributed by atoms with Gasteiger partial charge in [0, 0.05) is 18.6 Å². The highest BCUT2D eigenvalue weighted by molar-refractivity contribution is 5.88. The lowest BCUT2D eigenvalue weighted by Crippen LogP contribution is -2.23. The van der Waals surface area contributed by atoms with E-state index in [9.17, 15) is 4.79 Å². The Morgan fingerprint density at radius 2 is 2.13 bits per heavy atom. The van der Waals surface area contributed by atoms with E-state index in [0.29, 0.717) is 12.1 Å². The average molecular weight is 203 g/mol. The molecule has 1 aliphatic heterocycles. The lowest BCUT2D eigenvalue weighted by Gasteiger charge is -2.18. The lowest BCUT2D eigenvalue weighted by molar-refractivity contribution is -0.0665. The summed E-state index contributed by atoms with van der Waals surface area (Å²) in [5.41, 5.74) is 0.334. The maximum absolute atomic E-state index is 11.5.